The molecule has 0 unspecified atom stereocenters. The molecule has 1 aromatic rings. The van der Waals surface area contributed by atoms with Crippen molar-refractivity contribution in [3.63, 3.8) is 0 Å². The van der Waals surface area contributed by atoms with Crippen molar-refractivity contribution in [2.75, 3.05) is 0 Å². The van der Waals surface area contributed by atoms with Gasteiger partial charge in [-0.15, -0.1) is 0 Å². The molecule has 0 saturated carbocycles. The molecule has 0 N–H and O–H groups in total. The Bertz CT molecular complexity index is 393. The average molecular weight is 190 g/mol. The maximum Gasteiger partial charge on any atom is 0.150 e. The predicted molar refractivity (Wildman–Crippen MR) is 53.6 cm³/mol. The Morgan fingerprint density at radius 2 is 2.21 bits per heavy atom. The van der Waals surface area contributed by atoms with Crippen LogP contribution in [0, 0.1) is 5.82 Å². The highest BCUT2D eigenvalue weighted by molar-refractivity contribution is 5.85. The molecule has 0 aromatic heterocycles. The van der Waals surface area contributed by atoms with Crippen LogP contribution in [0.4, 0.5) is 4.39 Å². The monoisotopic (exact) mass is 190 g/mol. The number of carbonyl (C=O) groups excluding carboxylic acids is 1. The number of allylic oxidation sites excluding steroid dienone is 2. The molecule has 0 radical (unpaired) electrons. The molecule has 1 aliphatic rings. The number of hydrogen-bond donors (Lipinski definition) is 0. The topological polar surface area (TPSA) is 17.1 Å². The van der Waals surface area contributed by atoms with Crippen molar-refractivity contribution in [1.82, 2.24) is 0 Å². The van der Waals surface area contributed by atoms with E-state index in [1.807, 2.05) is 0 Å². The van der Waals surface area contributed by atoms with E-state index in [0.717, 1.165) is 31.1 Å². The number of benzene rings is 1. The van der Waals surface area contributed by atoms with E-state index in [9.17, 15) is 9.18 Å². The van der Waals surface area contributed by atoms with Gasteiger partial charge in [-0.05, 0) is 42.5 Å². The molecule has 1 aromatic carbocycles. The lowest BCUT2D eigenvalue weighted by atomic mass is 10.00. The second-order valence-electron chi connectivity index (χ2n) is 3.47. The van der Waals surface area contributed by atoms with Gasteiger partial charge in [-0.1, -0.05) is 12.1 Å². The molecule has 0 aliphatic heterocycles. The number of halogens is 1. The third-order valence-corrected chi connectivity index (χ3v) is 2.53. The fraction of sp³-hybridized carbons (Fsp3) is 0.250. The molecule has 0 bridgehead atoms. The van der Waals surface area contributed by atoms with Gasteiger partial charge in [0.15, 0.2) is 6.29 Å². The van der Waals surface area contributed by atoms with Gasteiger partial charge in [0.1, 0.15) is 5.82 Å². The summed E-state index contributed by atoms with van der Waals surface area (Å²) < 4.78 is 12.8. The zero-order valence-electron chi connectivity index (χ0n) is 7.79. The van der Waals surface area contributed by atoms with E-state index in [0.29, 0.717) is 5.56 Å². The summed E-state index contributed by atoms with van der Waals surface area (Å²) in [7, 11) is 0. The molecular weight excluding hydrogens is 179 g/mol. The molecule has 14 heavy (non-hydrogen) atoms. The van der Waals surface area contributed by atoms with Crippen molar-refractivity contribution in [2.45, 2.75) is 19.3 Å². The number of carbonyl (C=O) groups is 1. The van der Waals surface area contributed by atoms with E-state index < -0.39 is 0 Å². The lowest BCUT2D eigenvalue weighted by Gasteiger charge is -2.05. The Balaban J connectivity index is 2.46. The molecule has 0 spiro atoms. The fourth-order valence-electron chi connectivity index (χ4n) is 1.84. The summed E-state index contributed by atoms with van der Waals surface area (Å²) in [5, 5.41) is 0. The molecular formula is C12H11FO. The van der Waals surface area contributed by atoms with Crippen LogP contribution in [0.2, 0.25) is 0 Å². The van der Waals surface area contributed by atoms with Crippen molar-refractivity contribution in [3.8, 4) is 0 Å². The molecule has 2 heteroatoms. The van der Waals surface area contributed by atoms with Crippen molar-refractivity contribution in [1.29, 1.82) is 0 Å². The van der Waals surface area contributed by atoms with Crippen LogP contribution in [0.1, 0.15) is 35.2 Å². The van der Waals surface area contributed by atoms with Crippen LogP contribution >= 0.6 is 0 Å². The minimum atomic E-state index is -0.352. The van der Waals surface area contributed by atoms with Crippen molar-refractivity contribution < 1.29 is 9.18 Å². The summed E-state index contributed by atoms with van der Waals surface area (Å²) >= 11 is 0. The second kappa shape index (κ2) is 3.74. The lowest BCUT2D eigenvalue weighted by Crippen LogP contribution is -1.91. The zero-order valence-corrected chi connectivity index (χ0v) is 7.79. The summed E-state index contributed by atoms with van der Waals surface area (Å²) in [6, 6.07) is 4.39. The Morgan fingerprint density at radius 3 is 2.86 bits per heavy atom. The Hall–Kier alpha value is -1.44. The SMILES string of the molecule is O=Cc1cc(F)ccc1C1=CCCC1. The summed E-state index contributed by atoms with van der Waals surface area (Å²) in [5.74, 6) is -0.352. The van der Waals surface area contributed by atoms with E-state index in [-0.39, 0.29) is 5.82 Å². The van der Waals surface area contributed by atoms with Crippen LogP contribution in [0.25, 0.3) is 5.57 Å². The maximum absolute atomic E-state index is 12.8. The van der Waals surface area contributed by atoms with Crippen molar-refractivity contribution in [3.05, 3.63) is 41.2 Å². The number of rotatable bonds is 2. The van der Waals surface area contributed by atoms with Gasteiger partial charge in [-0.25, -0.2) is 4.39 Å². The summed E-state index contributed by atoms with van der Waals surface area (Å²) in [6.07, 6.45) is 6.03. The third kappa shape index (κ3) is 1.60. The van der Waals surface area contributed by atoms with Crippen LogP contribution in [0.3, 0.4) is 0 Å². The van der Waals surface area contributed by atoms with E-state index in [1.54, 1.807) is 6.07 Å². The molecule has 2 rings (SSSR count). The molecule has 0 atom stereocenters. The predicted octanol–water partition coefficient (Wildman–Crippen LogP) is 3.21. The second-order valence-corrected chi connectivity index (χ2v) is 3.47. The van der Waals surface area contributed by atoms with Gasteiger partial charge in [0.25, 0.3) is 0 Å². The standard InChI is InChI=1S/C12H11FO/c13-11-5-6-12(10(7-11)8-14)9-3-1-2-4-9/h3,5-8H,1-2,4H2. The lowest BCUT2D eigenvalue weighted by molar-refractivity contribution is 0.112. The molecule has 0 heterocycles. The van der Waals surface area contributed by atoms with Crippen LogP contribution in [-0.2, 0) is 0 Å². The van der Waals surface area contributed by atoms with E-state index >= 15 is 0 Å². The highest BCUT2D eigenvalue weighted by Gasteiger charge is 2.11. The van der Waals surface area contributed by atoms with Crippen molar-refractivity contribution >= 4 is 11.9 Å². The zero-order chi connectivity index (χ0) is 9.97. The molecule has 72 valence electrons. The maximum atomic E-state index is 12.8. The van der Waals surface area contributed by atoms with Gasteiger partial charge in [0.2, 0.25) is 0 Å². The smallest absolute Gasteiger partial charge is 0.150 e. The molecule has 0 fully saturated rings. The third-order valence-electron chi connectivity index (χ3n) is 2.53. The summed E-state index contributed by atoms with van der Waals surface area (Å²) in [5.41, 5.74) is 2.52. The van der Waals surface area contributed by atoms with E-state index in [2.05, 4.69) is 6.08 Å². The number of aldehydes is 1. The van der Waals surface area contributed by atoms with Gasteiger partial charge in [0, 0.05) is 5.56 Å². The normalized spacial score (nSPS) is 15.4. The minimum absolute atomic E-state index is 0.352. The minimum Gasteiger partial charge on any atom is -0.298 e. The molecule has 1 nitrogen and oxygen atoms in total. The van der Waals surface area contributed by atoms with Crippen LogP contribution in [0.5, 0.6) is 0 Å². The van der Waals surface area contributed by atoms with Crippen molar-refractivity contribution in [2.24, 2.45) is 0 Å². The quantitative estimate of drug-likeness (QED) is 0.654. The summed E-state index contributed by atoms with van der Waals surface area (Å²) in [6.45, 7) is 0. The Labute approximate surface area is 82.3 Å². The first-order chi connectivity index (χ1) is 6.81. The van der Waals surface area contributed by atoms with Crippen LogP contribution in [-0.4, -0.2) is 6.29 Å². The van der Waals surface area contributed by atoms with Gasteiger partial charge in [-0.2, -0.15) is 0 Å². The van der Waals surface area contributed by atoms with Gasteiger partial charge >= 0.3 is 0 Å². The average Bonchev–Trinajstić information content (AvgIpc) is 2.70. The van der Waals surface area contributed by atoms with Gasteiger partial charge < -0.3 is 0 Å². The first kappa shape index (κ1) is 9.13. The molecule has 0 saturated heterocycles. The molecule has 1 aliphatic carbocycles. The highest BCUT2D eigenvalue weighted by Crippen LogP contribution is 2.29. The van der Waals surface area contributed by atoms with E-state index in [4.69, 9.17) is 0 Å². The van der Waals surface area contributed by atoms with E-state index in [1.165, 1.54) is 17.7 Å². The van der Waals surface area contributed by atoms with Crippen LogP contribution < -0.4 is 0 Å². The first-order valence-corrected chi connectivity index (χ1v) is 4.75. The van der Waals surface area contributed by atoms with Gasteiger partial charge in [0.05, 0.1) is 0 Å². The first-order valence-electron chi connectivity index (χ1n) is 4.75. The Kier molecular flexibility index (Phi) is 2.44. The number of hydrogen-bond acceptors (Lipinski definition) is 1. The highest BCUT2D eigenvalue weighted by atomic mass is 19.1. The molecule has 0 amide bonds. The van der Waals surface area contributed by atoms with Crippen LogP contribution in [0.15, 0.2) is 24.3 Å². The Morgan fingerprint density at radius 1 is 1.36 bits per heavy atom. The van der Waals surface area contributed by atoms with Gasteiger partial charge in [-0.3, -0.25) is 4.79 Å². The fourth-order valence-corrected chi connectivity index (χ4v) is 1.84. The largest absolute Gasteiger partial charge is 0.298 e. The summed E-state index contributed by atoms with van der Waals surface area (Å²) in [4.78, 5) is 10.7.